The van der Waals surface area contributed by atoms with Crippen molar-refractivity contribution in [1.29, 1.82) is 0 Å². The Labute approximate surface area is 210 Å². The third-order valence-electron chi connectivity index (χ3n) is 6.59. The van der Waals surface area contributed by atoms with Crippen molar-refractivity contribution >= 4 is 11.6 Å². The van der Waals surface area contributed by atoms with E-state index in [1.165, 1.54) is 31.4 Å². The van der Waals surface area contributed by atoms with Crippen molar-refractivity contribution in [3.8, 4) is 5.75 Å². The molecule has 1 aromatic carbocycles. The summed E-state index contributed by atoms with van der Waals surface area (Å²) < 4.78 is 41.0. The van der Waals surface area contributed by atoms with Crippen LogP contribution in [0.3, 0.4) is 0 Å². The molecule has 9 heteroatoms. The van der Waals surface area contributed by atoms with Crippen LogP contribution in [-0.4, -0.2) is 30.3 Å². The molecule has 3 rings (SSSR count). The van der Waals surface area contributed by atoms with Crippen molar-refractivity contribution in [2.45, 2.75) is 65.6 Å². The van der Waals surface area contributed by atoms with Gasteiger partial charge in [-0.2, -0.15) is 0 Å². The molecule has 0 heterocycles. The monoisotopic (exact) mass is 507 g/mol. The molecule has 1 aromatic rings. The lowest BCUT2D eigenvalue weighted by atomic mass is 9.99. The number of hydrogen-bond donors (Lipinski definition) is 4. The van der Waals surface area contributed by atoms with Gasteiger partial charge in [-0.1, -0.05) is 51.3 Å². The second kappa shape index (κ2) is 12.3. The second-order valence-corrected chi connectivity index (χ2v) is 9.81. The number of benzene rings is 1. The van der Waals surface area contributed by atoms with Gasteiger partial charge in [0.15, 0.2) is 0 Å². The topological polar surface area (TPSA) is 82.6 Å². The molecule has 2 aliphatic carbocycles. The van der Waals surface area contributed by atoms with Crippen LogP contribution in [-0.2, 0) is 4.79 Å². The van der Waals surface area contributed by atoms with E-state index in [1.807, 2.05) is 26.0 Å². The van der Waals surface area contributed by atoms with Crippen LogP contribution in [0.4, 0.5) is 18.9 Å². The number of amides is 1. The molecule has 4 unspecified atom stereocenters. The minimum Gasteiger partial charge on any atom is -0.406 e. The molecule has 6 nitrogen and oxygen atoms in total. The average Bonchev–Trinajstić information content (AvgIpc) is 3.08. The SMILES string of the molecule is CC1=CC(C)C=CC(C(=O)NCC2CCCC(C)CC2)=C1NC(O)Nc1ccc(OC(F)(F)F)cc1. The van der Waals surface area contributed by atoms with Gasteiger partial charge >= 0.3 is 6.36 Å². The van der Waals surface area contributed by atoms with Gasteiger partial charge in [-0.25, -0.2) is 0 Å². The zero-order valence-corrected chi connectivity index (χ0v) is 21.0. The predicted octanol–water partition coefficient (Wildman–Crippen LogP) is 5.60. The minimum atomic E-state index is -4.78. The summed E-state index contributed by atoms with van der Waals surface area (Å²) in [4.78, 5) is 13.2. The van der Waals surface area contributed by atoms with E-state index in [1.54, 1.807) is 6.08 Å². The second-order valence-electron chi connectivity index (χ2n) is 9.81. The van der Waals surface area contributed by atoms with Gasteiger partial charge in [0.2, 0.25) is 6.35 Å². The fourth-order valence-corrected chi connectivity index (χ4v) is 4.64. The van der Waals surface area contributed by atoms with Crippen molar-refractivity contribution in [1.82, 2.24) is 10.6 Å². The summed E-state index contributed by atoms with van der Waals surface area (Å²) in [6.45, 7) is 6.76. The first-order valence-corrected chi connectivity index (χ1v) is 12.5. The molecule has 0 bridgehead atoms. The maximum atomic E-state index is 13.2. The highest BCUT2D eigenvalue weighted by Gasteiger charge is 2.31. The number of hydrogen-bond acceptors (Lipinski definition) is 5. The lowest BCUT2D eigenvalue weighted by molar-refractivity contribution is -0.274. The van der Waals surface area contributed by atoms with Crippen molar-refractivity contribution in [2.24, 2.45) is 17.8 Å². The highest BCUT2D eigenvalue weighted by Crippen LogP contribution is 2.27. The number of aliphatic hydroxyl groups excluding tert-OH is 1. The normalized spacial score (nSPS) is 23.8. The number of carbonyl (C=O) groups excluding carboxylic acids is 1. The molecule has 2 aliphatic rings. The van der Waals surface area contributed by atoms with Crippen molar-refractivity contribution in [2.75, 3.05) is 11.9 Å². The smallest absolute Gasteiger partial charge is 0.406 e. The number of carbonyl (C=O) groups is 1. The van der Waals surface area contributed by atoms with E-state index in [2.05, 4.69) is 27.6 Å². The summed E-state index contributed by atoms with van der Waals surface area (Å²) in [6.07, 6.45) is 5.41. The number of allylic oxidation sites excluding steroid dienone is 3. The number of aliphatic hydroxyl groups is 1. The fraction of sp³-hybridized carbons (Fsp3) is 0.519. The minimum absolute atomic E-state index is 0.0988. The zero-order valence-electron chi connectivity index (χ0n) is 21.0. The molecule has 4 atom stereocenters. The van der Waals surface area contributed by atoms with Crippen LogP contribution in [0, 0.1) is 17.8 Å². The van der Waals surface area contributed by atoms with Crippen molar-refractivity contribution in [3.63, 3.8) is 0 Å². The molecule has 198 valence electrons. The van der Waals surface area contributed by atoms with E-state index >= 15 is 0 Å². The molecule has 0 radical (unpaired) electrons. The highest BCUT2D eigenvalue weighted by atomic mass is 19.4. The van der Waals surface area contributed by atoms with Crippen LogP contribution in [0.2, 0.25) is 0 Å². The fourth-order valence-electron chi connectivity index (χ4n) is 4.64. The van der Waals surface area contributed by atoms with Gasteiger partial charge in [-0.3, -0.25) is 4.79 Å². The summed E-state index contributed by atoms with van der Waals surface area (Å²) in [6, 6.07) is 5.02. The Kier molecular flexibility index (Phi) is 9.48. The number of nitrogens with one attached hydrogen (secondary N) is 3. The summed E-state index contributed by atoms with van der Waals surface area (Å²) >= 11 is 0. The molecule has 0 aliphatic heterocycles. The first-order chi connectivity index (χ1) is 17.0. The number of anilines is 1. The predicted molar refractivity (Wildman–Crippen MR) is 134 cm³/mol. The van der Waals surface area contributed by atoms with Crippen molar-refractivity contribution < 1.29 is 27.8 Å². The Morgan fingerprint density at radius 2 is 1.83 bits per heavy atom. The van der Waals surface area contributed by atoms with Crippen LogP contribution in [0.5, 0.6) is 5.75 Å². The third-order valence-corrected chi connectivity index (χ3v) is 6.59. The zero-order chi connectivity index (χ0) is 26.3. The van der Waals surface area contributed by atoms with Gasteiger partial charge in [0, 0.05) is 12.2 Å². The van der Waals surface area contributed by atoms with Gasteiger partial charge < -0.3 is 25.8 Å². The highest BCUT2D eigenvalue weighted by molar-refractivity contribution is 5.97. The van der Waals surface area contributed by atoms with E-state index in [-0.39, 0.29) is 17.6 Å². The molecule has 0 spiro atoms. The maximum absolute atomic E-state index is 13.2. The molecular formula is C27H36F3N3O3. The van der Waals surface area contributed by atoms with Crippen LogP contribution in [0.15, 0.2) is 59.3 Å². The molecule has 1 saturated carbocycles. The molecule has 36 heavy (non-hydrogen) atoms. The summed E-state index contributed by atoms with van der Waals surface area (Å²) in [5, 5.41) is 19.4. The largest absolute Gasteiger partial charge is 0.573 e. The molecule has 1 amide bonds. The Morgan fingerprint density at radius 1 is 1.11 bits per heavy atom. The maximum Gasteiger partial charge on any atom is 0.573 e. The lowest BCUT2D eigenvalue weighted by Crippen LogP contribution is -2.38. The van der Waals surface area contributed by atoms with E-state index in [0.29, 0.717) is 29.4 Å². The first kappa shape index (κ1) is 27.6. The molecule has 0 saturated heterocycles. The Bertz CT molecular complexity index is 986. The molecule has 1 fully saturated rings. The van der Waals surface area contributed by atoms with Gasteiger partial charge in [0.1, 0.15) is 5.75 Å². The first-order valence-electron chi connectivity index (χ1n) is 12.5. The van der Waals surface area contributed by atoms with Gasteiger partial charge in [0.25, 0.3) is 5.91 Å². The van der Waals surface area contributed by atoms with E-state index in [4.69, 9.17) is 0 Å². The van der Waals surface area contributed by atoms with Crippen LogP contribution in [0.1, 0.15) is 52.9 Å². The summed E-state index contributed by atoms with van der Waals surface area (Å²) in [5.74, 6) is 0.709. The number of alkyl halides is 3. The van der Waals surface area contributed by atoms with Crippen LogP contribution >= 0.6 is 0 Å². The molecular weight excluding hydrogens is 471 g/mol. The molecule has 4 N–H and O–H groups in total. The van der Waals surface area contributed by atoms with Crippen LogP contribution in [0.25, 0.3) is 0 Å². The summed E-state index contributed by atoms with van der Waals surface area (Å²) in [7, 11) is 0. The summed E-state index contributed by atoms with van der Waals surface area (Å²) in [5.41, 5.74) is 2.08. The lowest BCUT2D eigenvalue weighted by Gasteiger charge is -2.22. The van der Waals surface area contributed by atoms with E-state index < -0.39 is 12.7 Å². The van der Waals surface area contributed by atoms with Gasteiger partial charge in [-0.15, -0.1) is 13.2 Å². The average molecular weight is 508 g/mol. The quantitative estimate of drug-likeness (QED) is 0.272. The standard InChI is InChI=1S/C27H36F3N3O3/c1-17-5-4-6-20(9-7-17)16-31-25(34)23-14-8-18(2)15-19(3)24(23)33-26(35)32-21-10-12-22(13-11-21)36-27(28,29)30/h8,10-15,17-18,20,26,32-33,35H,4-7,9,16H2,1-3H3,(H,31,34). The Hall–Kier alpha value is -2.94. The number of ether oxygens (including phenoxy) is 1. The molecule has 0 aromatic heterocycles. The third kappa shape index (κ3) is 8.62. The van der Waals surface area contributed by atoms with E-state index in [9.17, 15) is 23.1 Å². The van der Waals surface area contributed by atoms with Gasteiger partial charge in [-0.05, 0) is 67.4 Å². The number of halogens is 3. The van der Waals surface area contributed by atoms with Gasteiger partial charge in [0.05, 0.1) is 11.3 Å². The van der Waals surface area contributed by atoms with E-state index in [0.717, 1.165) is 36.5 Å². The van der Waals surface area contributed by atoms with Crippen molar-refractivity contribution in [3.05, 3.63) is 59.3 Å². The van der Waals surface area contributed by atoms with Crippen LogP contribution < -0.4 is 20.7 Å². The number of rotatable bonds is 8. The Morgan fingerprint density at radius 3 is 2.53 bits per heavy atom. The Balaban J connectivity index is 1.68.